The van der Waals surface area contributed by atoms with E-state index in [1.54, 1.807) is 0 Å². The highest BCUT2D eigenvalue weighted by Gasteiger charge is 2.42. The molecule has 21 heavy (non-hydrogen) atoms. The van der Waals surface area contributed by atoms with Crippen LogP contribution in [0.5, 0.6) is 5.75 Å². The maximum atomic E-state index is 10.9. The second kappa shape index (κ2) is 4.99. The van der Waals surface area contributed by atoms with Crippen molar-refractivity contribution in [3.05, 3.63) is 29.3 Å². The van der Waals surface area contributed by atoms with Gasteiger partial charge in [0.25, 0.3) is 0 Å². The largest absolute Gasteiger partial charge is 0.492 e. The van der Waals surface area contributed by atoms with E-state index in [1.165, 1.54) is 5.56 Å². The molecule has 0 saturated carbocycles. The maximum absolute atomic E-state index is 10.9. The first-order chi connectivity index (χ1) is 9.81. The summed E-state index contributed by atoms with van der Waals surface area (Å²) in [7, 11) is 0. The van der Waals surface area contributed by atoms with Gasteiger partial charge in [0.1, 0.15) is 5.75 Å². The minimum absolute atomic E-state index is 0.0156. The molecule has 5 atom stereocenters. The Balaban J connectivity index is 1.91. The zero-order chi connectivity index (χ0) is 15.4. The molecule has 5 unspecified atom stereocenters. The van der Waals surface area contributed by atoms with Crippen molar-refractivity contribution in [1.82, 2.24) is 0 Å². The molecule has 2 aliphatic heterocycles. The molecule has 1 fully saturated rings. The van der Waals surface area contributed by atoms with Gasteiger partial charge in [-0.15, -0.1) is 0 Å². The summed E-state index contributed by atoms with van der Waals surface area (Å²) >= 11 is 0. The molecule has 116 valence electrons. The van der Waals surface area contributed by atoms with Crippen LogP contribution in [0.4, 0.5) is 0 Å². The lowest BCUT2D eigenvalue weighted by atomic mass is 9.80. The third-order valence-electron chi connectivity index (χ3n) is 5.35. The van der Waals surface area contributed by atoms with Gasteiger partial charge >= 0.3 is 0 Å². The lowest BCUT2D eigenvalue weighted by Gasteiger charge is -2.26. The number of hydrogen-bond acceptors (Lipinski definition) is 3. The van der Waals surface area contributed by atoms with E-state index in [9.17, 15) is 5.11 Å². The van der Waals surface area contributed by atoms with E-state index in [-0.39, 0.29) is 23.5 Å². The number of aliphatic hydroxyl groups is 1. The van der Waals surface area contributed by atoms with Gasteiger partial charge in [-0.2, -0.15) is 0 Å². The monoisotopic (exact) mass is 290 g/mol. The number of rotatable bonds is 2. The van der Waals surface area contributed by atoms with E-state index in [1.807, 2.05) is 12.1 Å². The van der Waals surface area contributed by atoms with Gasteiger partial charge in [-0.1, -0.05) is 26.8 Å². The van der Waals surface area contributed by atoms with E-state index >= 15 is 0 Å². The Morgan fingerprint density at radius 3 is 2.52 bits per heavy atom. The zero-order valence-corrected chi connectivity index (χ0v) is 13.6. The fourth-order valence-corrected chi connectivity index (χ4v) is 3.78. The van der Waals surface area contributed by atoms with Crippen LogP contribution < -0.4 is 4.74 Å². The van der Waals surface area contributed by atoms with Crippen LogP contribution >= 0.6 is 0 Å². The van der Waals surface area contributed by atoms with E-state index in [0.717, 1.165) is 11.3 Å². The number of aliphatic hydroxyl groups excluding tert-OH is 1. The number of hydrogen-bond donors (Lipinski definition) is 1. The van der Waals surface area contributed by atoms with Crippen LogP contribution in [0.15, 0.2) is 18.2 Å². The molecule has 1 aromatic carbocycles. The Kier molecular flexibility index (Phi) is 3.53. The summed E-state index contributed by atoms with van der Waals surface area (Å²) in [5, 5.41) is 10.9. The molecule has 0 spiro atoms. The molecule has 3 heteroatoms. The lowest BCUT2D eigenvalue weighted by Crippen LogP contribution is -2.25. The highest BCUT2D eigenvalue weighted by Crippen LogP contribution is 2.44. The van der Waals surface area contributed by atoms with Gasteiger partial charge in [-0.05, 0) is 37.5 Å². The van der Waals surface area contributed by atoms with Crippen LogP contribution in [0.3, 0.4) is 0 Å². The summed E-state index contributed by atoms with van der Waals surface area (Å²) in [6.07, 6.45) is -0.196. The van der Waals surface area contributed by atoms with Crippen LogP contribution in [-0.4, -0.2) is 23.9 Å². The molecule has 3 rings (SSSR count). The standard InChI is InChI=1S/C18H26O3/c1-10-11(2)21-12(3)16(10)17(19)13-6-7-15-14(8-13)18(4,5)9-20-15/h6-8,10-12,16-17,19H,9H2,1-5H3. The van der Waals surface area contributed by atoms with Gasteiger partial charge in [0.05, 0.1) is 24.9 Å². The molecule has 1 aromatic rings. The summed E-state index contributed by atoms with van der Waals surface area (Å²) in [6, 6.07) is 6.11. The first-order valence-electron chi connectivity index (χ1n) is 7.92. The fourth-order valence-electron chi connectivity index (χ4n) is 3.78. The van der Waals surface area contributed by atoms with Gasteiger partial charge in [0, 0.05) is 16.9 Å². The van der Waals surface area contributed by atoms with Crippen molar-refractivity contribution in [2.24, 2.45) is 11.8 Å². The van der Waals surface area contributed by atoms with Crippen molar-refractivity contribution in [1.29, 1.82) is 0 Å². The predicted octanol–water partition coefficient (Wildman–Crippen LogP) is 3.45. The average Bonchev–Trinajstić information content (AvgIpc) is 2.86. The molecule has 0 aromatic heterocycles. The SMILES string of the molecule is CC1OC(C)C(C(O)c2ccc3c(c2)C(C)(C)CO3)C1C. The van der Waals surface area contributed by atoms with Gasteiger partial charge < -0.3 is 14.6 Å². The number of ether oxygens (including phenoxy) is 2. The second-order valence-corrected chi connectivity index (χ2v) is 7.36. The molecule has 2 aliphatic rings. The molecule has 0 bridgehead atoms. The van der Waals surface area contributed by atoms with E-state index in [4.69, 9.17) is 9.47 Å². The lowest BCUT2D eigenvalue weighted by molar-refractivity contribution is 0.0231. The number of fused-ring (bicyclic) bond motifs is 1. The van der Waals surface area contributed by atoms with Crippen molar-refractivity contribution < 1.29 is 14.6 Å². The Hall–Kier alpha value is -1.06. The molecule has 0 aliphatic carbocycles. The van der Waals surface area contributed by atoms with Gasteiger partial charge in [-0.25, -0.2) is 0 Å². The van der Waals surface area contributed by atoms with Gasteiger partial charge in [0.15, 0.2) is 0 Å². The zero-order valence-electron chi connectivity index (χ0n) is 13.6. The van der Waals surface area contributed by atoms with Crippen molar-refractivity contribution in [2.75, 3.05) is 6.61 Å². The average molecular weight is 290 g/mol. The van der Waals surface area contributed by atoms with Gasteiger partial charge in [-0.3, -0.25) is 0 Å². The Bertz CT molecular complexity index is 537. The van der Waals surface area contributed by atoms with E-state index < -0.39 is 6.10 Å². The molecular formula is C18H26O3. The second-order valence-electron chi connectivity index (χ2n) is 7.36. The van der Waals surface area contributed by atoms with E-state index in [0.29, 0.717) is 12.5 Å². The highest BCUT2D eigenvalue weighted by molar-refractivity contribution is 5.45. The van der Waals surface area contributed by atoms with Crippen molar-refractivity contribution in [3.8, 4) is 5.75 Å². The van der Waals surface area contributed by atoms with Crippen LogP contribution in [0.25, 0.3) is 0 Å². The summed E-state index contributed by atoms with van der Waals surface area (Å²) in [4.78, 5) is 0. The molecule has 0 amide bonds. The van der Waals surface area contributed by atoms with Crippen molar-refractivity contribution >= 4 is 0 Å². The first-order valence-corrected chi connectivity index (χ1v) is 7.92. The normalized spacial score (nSPS) is 35.3. The summed E-state index contributed by atoms with van der Waals surface area (Å²) in [6.45, 7) is 11.4. The summed E-state index contributed by atoms with van der Waals surface area (Å²) < 4.78 is 11.6. The fraction of sp³-hybridized carbons (Fsp3) is 0.667. The van der Waals surface area contributed by atoms with Crippen molar-refractivity contribution in [3.63, 3.8) is 0 Å². The molecule has 0 radical (unpaired) electrons. The van der Waals surface area contributed by atoms with Crippen LogP contribution in [0.1, 0.15) is 51.8 Å². The predicted molar refractivity (Wildman–Crippen MR) is 82.6 cm³/mol. The molecule has 1 N–H and O–H groups in total. The third kappa shape index (κ3) is 2.36. The topological polar surface area (TPSA) is 38.7 Å². The Morgan fingerprint density at radius 1 is 1.19 bits per heavy atom. The summed E-state index contributed by atoms with van der Waals surface area (Å²) in [5.74, 6) is 1.45. The Labute approximate surface area is 127 Å². The molecular weight excluding hydrogens is 264 g/mol. The number of benzene rings is 1. The van der Waals surface area contributed by atoms with Crippen LogP contribution in [-0.2, 0) is 10.2 Å². The molecule has 1 saturated heterocycles. The van der Waals surface area contributed by atoms with E-state index in [2.05, 4.69) is 40.7 Å². The summed E-state index contributed by atoms with van der Waals surface area (Å²) in [5.41, 5.74) is 2.20. The maximum Gasteiger partial charge on any atom is 0.123 e. The molecule has 2 heterocycles. The Morgan fingerprint density at radius 2 is 1.90 bits per heavy atom. The van der Waals surface area contributed by atoms with Crippen LogP contribution in [0, 0.1) is 11.8 Å². The quantitative estimate of drug-likeness (QED) is 0.906. The smallest absolute Gasteiger partial charge is 0.123 e. The van der Waals surface area contributed by atoms with Crippen LogP contribution in [0.2, 0.25) is 0 Å². The highest BCUT2D eigenvalue weighted by atomic mass is 16.5. The molecule has 3 nitrogen and oxygen atoms in total. The minimum Gasteiger partial charge on any atom is -0.492 e. The van der Waals surface area contributed by atoms with Crippen molar-refractivity contribution in [2.45, 2.75) is 58.3 Å². The minimum atomic E-state index is -0.485. The third-order valence-corrected chi connectivity index (χ3v) is 5.35. The first kappa shape index (κ1) is 14.9. The van der Waals surface area contributed by atoms with Gasteiger partial charge in [0.2, 0.25) is 0 Å².